The van der Waals surface area contributed by atoms with E-state index < -0.39 is 17.6 Å². The number of hydrogen-bond donors (Lipinski definition) is 2. The van der Waals surface area contributed by atoms with Gasteiger partial charge in [0.1, 0.15) is 0 Å². The minimum atomic E-state index is -4.48. The Kier molecular flexibility index (Phi) is 5.67. The zero-order valence-corrected chi connectivity index (χ0v) is 16.7. The van der Waals surface area contributed by atoms with Crippen molar-refractivity contribution in [3.63, 3.8) is 0 Å². The highest BCUT2D eigenvalue weighted by molar-refractivity contribution is 5.55. The van der Waals surface area contributed by atoms with Crippen LogP contribution in [-0.4, -0.2) is 43.7 Å². The van der Waals surface area contributed by atoms with Crippen LogP contribution in [0.1, 0.15) is 23.1 Å². The molecule has 1 aromatic carbocycles. The molecule has 0 saturated carbocycles. The van der Waals surface area contributed by atoms with Gasteiger partial charge in [-0.1, -0.05) is 6.07 Å². The molecular weight excluding hydrogens is 414 g/mol. The van der Waals surface area contributed by atoms with Crippen LogP contribution in [0.15, 0.2) is 42.9 Å². The molecule has 164 valence electrons. The van der Waals surface area contributed by atoms with Crippen molar-refractivity contribution in [3.05, 3.63) is 65.4 Å². The summed E-state index contributed by atoms with van der Waals surface area (Å²) in [5, 5.41) is 12.4. The van der Waals surface area contributed by atoms with Crippen LogP contribution in [0.3, 0.4) is 0 Å². The summed E-state index contributed by atoms with van der Waals surface area (Å²) in [4.78, 5) is 10.1. The van der Waals surface area contributed by atoms with Gasteiger partial charge in [0.25, 0.3) is 0 Å². The Morgan fingerprint density at radius 2 is 2.06 bits per heavy atom. The lowest BCUT2D eigenvalue weighted by molar-refractivity contribution is -0.137. The molecule has 0 amide bonds. The maximum atomic E-state index is 14.4. The molecule has 0 radical (unpaired) electrons. The topological polar surface area (TPSA) is 66.2 Å². The number of halogens is 4. The highest BCUT2D eigenvalue weighted by atomic mass is 19.4. The van der Waals surface area contributed by atoms with Gasteiger partial charge in [-0.15, -0.1) is 0 Å². The molecule has 31 heavy (non-hydrogen) atoms. The molecule has 2 N–H and O–H groups in total. The van der Waals surface area contributed by atoms with Gasteiger partial charge in [-0.2, -0.15) is 18.2 Å². The van der Waals surface area contributed by atoms with Gasteiger partial charge >= 0.3 is 6.18 Å². The Bertz CT molecular complexity index is 1080. The van der Waals surface area contributed by atoms with E-state index in [-0.39, 0.29) is 23.6 Å². The van der Waals surface area contributed by atoms with E-state index in [1.54, 1.807) is 12.4 Å². The number of likely N-dealkylation sites (tertiary alicyclic amines) is 1. The second-order valence-electron chi connectivity index (χ2n) is 7.62. The van der Waals surface area contributed by atoms with E-state index in [4.69, 9.17) is 0 Å². The van der Waals surface area contributed by atoms with Gasteiger partial charge in [0, 0.05) is 37.7 Å². The predicted octanol–water partition coefficient (Wildman–Crippen LogP) is 4.04. The predicted molar refractivity (Wildman–Crippen MR) is 107 cm³/mol. The molecule has 1 aliphatic rings. The molecule has 3 heterocycles. The van der Waals surface area contributed by atoms with Crippen LogP contribution >= 0.6 is 0 Å². The van der Waals surface area contributed by atoms with E-state index in [2.05, 4.69) is 20.2 Å². The van der Waals surface area contributed by atoms with Gasteiger partial charge in [0.15, 0.2) is 11.6 Å². The lowest BCUT2D eigenvalue weighted by Gasteiger charge is -2.14. The number of aromatic nitrogens is 3. The number of aryl methyl sites for hydroxylation is 1. The van der Waals surface area contributed by atoms with Crippen LogP contribution in [-0.2, 0) is 12.7 Å². The molecule has 0 spiro atoms. The largest absolute Gasteiger partial charge is 0.416 e. The molecule has 3 aromatic rings. The Hall–Kier alpha value is -2.98. The van der Waals surface area contributed by atoms with E-state index in [1.165, 1.54) is 16.7 Å². The van der Waals surface area contributed by atoms with Crippen molar-refractivity contribution in [1.29, 1.82) is 0 Å². The second-order valence-corrected chi connectivity index (χ2v) is 7.62. The fourth-order valence-corrected chi connectivity index (χ4v) is 3.58. The Balaban J connectivity index is 1.57. The lowest BCUT2D eigenvalue weighted by Crippen LogP contribution is -2.21. The number of aliphatic hydroxyl groups is 1. The summed E-state index contributed by atoms with van der Waals surface area (Å²) in [5.74, 6) is -0.695. The van der Waals surface area contributed by atoms with E-state index in [0.717, 1.165) is 42.4 Å². The van der Waals surface area contributed by atoms with Crippen molar-refractivity contribution in [2.45, 2.75) is 32.2 Å². The van der Waals surface area contributed by atoms with E-state index in [0.29, 0.717) is 13.1 Å². The number of nitrogens with one attached hydrogen (secondary N) is 1. The summed E-state index contributed by atoms with van der Waals surface area (Å²) in [7, 11) is 0. The molecule has 1 unspecified atom stereocenters. The number of anilines is 2. The Morgan fingerprint density at radius 1 is 1.26 bits per heavy atom. The van der Waals surface area contributed by atoms with Crippen LogP contribution in [0.5, 0.6) is 0 Å². The quantitative estimate of drug-likeness (QED) is 0.592. The van der Waals surface area contributed by atoms with Crippen molar-refractivity contribution in [3.8, 4) is 5.82 Å². The van der Waals surface area contributed by atoms with E-state index in [1.807, 2.05) is 6.92 Å². The van der Waals surface area contributed by atoms with Crippen molar-refractivity contribution in [1.82, 2.24) is 19.4 Å². The standard InChI is InChI=1S/C21H21F4N5O/c1-13-9-30(11-14(13)10-29-6-5-17(31)12-29)19-18(22)8-26-20(28-19)27-16-4-2-3-15(7-16)21(23,24)25/h2-4,7-9,11,17,31H,5-6,10,12H2,1H3,(H,26,27,28). The highest BCUT2D eigenvalue weighted by Gasteiger charge is 2.30. The number of nitrogens with zero attached hydrogens (tertiary/aromatic N) is 4. The molecule has 0 bridgehead atoms. The Labute approximate surface area is 176 Å². The van der Waals surface area contributed by atoms with Crippen LogP contribution < -0.4 is 5.32 Å². The fourth-order valence-electron chi connectivity index (χ4n) is 3.58. The molecule has 6 nitrogen and oxygen atoms in total. The number of rotatable bonds is 5. The third-order valence-electron chi connectivity index (χ3n) is 5.19. The summed E-state index contributed by atoms with van der Waals surface area (Å²) < 4.78 is 54.7. The van der Waals surface area contributed by atoms with Gasteiger partial charge in [-0.3, -0.25) is 4.90 Å². The first-order chi connectivity index (χ1) is 14.7. The summed E-state index contributed by atoms with van der Waals surface area (Å²) >= 11 is 0. The van der Waals surface area contributed by atoms with Crippen molar-refractivity contribution in [2.24, 2.45) is 0 Å². The molecule has 0 aliphatic carbocycles. The first-order valence-electron chi connectivity index (χ1n) is 9.74. The molecule has 10 heteroatoms. The molecule has 2 aromatic heterocycles. The van der Waals surface area contributed by atoms with Crippen LogP contribution in [0.25, 0.3) is 5.82 Å². The van der Waals surface area contributed by atoms with Gasteiger partial charge in [0.05, 0.1) is 17.9 Å². The van der Waals surface area contributed by atoms with Gasteiger partial charge in [-0.25, -0.2) is 9.37 Å². The number of benzene rings is 1. The molecule has 1 aliphatic heterocycles. The van der Waals surface area contributed by atoms with Crippen molar-refractivity contribution >= 4 is 11.6 Å². The molecule has 1 atom stereocenters. The number of aliphatic hydroxyl groups excluding tert-OH is 1. The van der Waals surface area contributed by atoms with Gasteiger partial charge in [0.2, 0.25) is 5.95 Å². The number of hydrogen-bond acceptors (Lipinski definition) is 5. The molecule has 1 fully saturated rings. The molecular formula is C21H21F4N5O. The first-order valence-corrected chi connectivity index (χ1v) is 9.74. The summed E-state index contributed by atoms with van der Waals surface area (Å²) in [6, 6.07) is 4.62. The SMILES string of the molecule is Cc1cn(-c2nc(Nc3cccc(C(F)(F)F)c3)ncc2F)cc1CN1CCC(O)C1. The maximum absolute atomic E-state index is 14.4. The third kappa shape index (κ3) is 4.86. The normalized spacial score (nSPS) is 17.3. The minimum absolute atomic E-state index is 0.0136. The van der Waals surface area contributed by atoms with E-state index >= 15 is 0 Å². The number of alkyl halides is 3. The summed E-state index contributed by atoms with van der Waals surface area (Å²) in [5.41, 5.74) is 1.24. The minimum Gasteiger partial charge on any atom is -0.392 e. The van der Waals surface area contributed by atoms with Crippen molar-refractivity contribution in [2.75, 3.05) is 18.4 Å². The van der Waals surface area contributed by atoms with Crippen LogP contribution in [0.2, 0.25) is 0 Å². The second kappa shape index (κ2) is 8.27. The highest BCUT2D eigenvalue weighted by Crippen LogP contribution is 2.31. The van der Waals surface area contributed by atoms with Crippen LogP contribution in [0.4, 0.5) is 29.2 Å². The first kappa shape index (κ1) is 21.3. The maximum Gasteiger partial charge on any atom is 0.416 e. The van der Waals surface area contributed by atoms with Crippen LogP contribution in [0, 0.1) is 12.7 Å². The Morgan fingerprint density at radius 3 is 2.77 bits per heavy atom. The summed E-state index contributed by atoms with van der Waals surface area (Å²) in [6.45, 7) is 3.91. The molecule has 4 rings (SSSR count). The smallest absolute Gasteiger partial charge is 0.392 e. The van der Waals surface area contributed by atoms with Gasteiger partial charge in [-0.05, 0) is 42.7 Å². The zero-order chi connectivity index (χ0) is 22.2. The lowest BCUT2D eigenvalue weighted by atomic mass is 10.2. The monoisotopic (exact) mass is 435 g/mol. The third-order valence-corrected chi connectivity index (χ3v) is 5.19. The summed E-state index contributed by atoms with van der Waals surface area (Å²) in [6.07, 6.45) is 0.401. The average Bonchev–Trinajstić information content (AvgIpc) is 3.28. The fraction of sp³-hybridized carbons (Fsp3) is 0.333. The number of β-amino-alcohol motifs (C(OH)–C–C–N with tert-alkyl or cyclic N) is 1. The van der Waals surface area contributed by atoms with Crippen molar-refractivity contribution < 1.29 is 22.7 Å². The van der Waals surface area contributed by atoms with Gasteiger partial charge < -0.3 is 15.0 Å². The average molecular weight is 435 g/mol. The zero-order valence-electron chi connectivity index (χ0n) is 16.7. The molecule has 1 saturated heterocycles. The van der Waals surface area contributed by atoms with E-state index in [9.17, 15) is 22.7 Å².